The van der Waals surface area contributed by atoms with Gasteiger partial charge in [0.15, 0.2) is 0 Å². The number of rotatable bonds is 8. The normalized spacial score (nSPS) is 14.8. The molecular formula is C78H66N4OS. The molecular weight excluding hydrogens is 1040 g/mol. The lowest BCUT2D eigenvalue weighted by atomic mass is 9.74. The van der Waals surface area contributed by atoms with Gasteiger partial charge in [0.05, 0.1) is 45.5 Å². The lowest BCUT2D eigenvalue weighted by Crippen LogP contribution is -2.28. The molecule has 11 aromatic rings. The van der Waals surface area contributed by atoms with Crippen LogP contribution in [0.2, 0.25) is 0 Å². The molecule has 410 valence electrons. The number of hydrogen-bond donors (Lipinski definition) is 0. The lowest BCUT2D eigenvalue weighted by Gasteiger charge is -2.45. The Hall–Kier alpha value is -9.23. The smallest absolute Gasteiger partial charge is 0.135 e. The summed E-state index contributed by atoms with van der Waals surface area (Å²) in [4.78, 5) is 12.6. The predicted molar refractivity (Wildman–Crippen MR) is 352 cm³/mol. The number of para-hydroxylation sites is 5. The second-order valence-corrected chi connectivity index (χ2v) is 25.0. The molecule has 0 spiro atoms. The number of aryl methyl sites for hydroxylation is 10. The van der Waals surface area contributed by atoms with E-state index in [9.17, 15) is 0 Å². The molecule has 2 unspecified atom stereocenters. The van der Waals surface area contributed by atoms with Gasteiger partial charge in [-0.3, -0.25) is 0 Å². The third kappa shape index (κ3) is 8.05. The van der Waals surface area contributed by atoms with Gasteiger partial charge < -0.3 is 24.3 Å². The summed E-state index contributed by atoms with van der Waals surface area (Å²) in [5.41, 5.74) is 33.8. The highest BCUT2D eigenvalue weighted by Crippen LogP contribution is 2.66. The van der Waals surface area contributed by atoms with Gasteiger partial charge in [-0.2, -0.15) is 0 Å². The van der Waals surface area contributed by atoms with E-state index in [1.807, 2.05) is 11.8 Å². The SMILES string of the molecule is Cc1cc(C)c(N(c2ccccc2)c2cc3c4c(c2)N(c2ccccc2C)c2cc5c(cc2C4c2ccccc2O3)C2c3ccccc3N(c3c(C)cc(C)cc3C)c3cc(N(c4ccccc4)c4c(C)cc(C)cc4C)cc(c32)S5)c(C)c1. The lowest BCUT2D eigenvalue weighted by molar-refractivity contribution is 0.452. The van der Waals surface area contributed by atoms with E-state index in [0.717, 1.165) is 45.6 Å². The van der Waals surface area contributed by atoms with Crippen molar-refractivity contribution in [1.82, 2.24) is 0 Å². The van der Waals surface area contributed by atoms with Crippen molar-refractivity contribution in [3.63, 3.8) is 0 Å². The highest BCUT2D eigenvalue weighted by atomic mass is 32.2. The molecule has 0 radical (unpaired) electrons. The Morgan fingerprint density at radius 1 is 0.321 bits per heavy atom. The summed E-state index contributed by atoms with van der Waals surface area (Å²) in [6, 6.07) is 77.6. The quantitative estimate of drug-likeness (QED) is 0.150. The zero-order valence-corrected chi connectivity index (χ0v) is 50.2. The highest BCUT2D eigenvalue weighted by Gasteiger charge is 2.45. The fourth-order valence-electron chi connectivity index (χ4n) is 15.0. The maximum absolute atomic E-state index is 7.30. The van der Waals surface area contributed by atoms with Crippen molar-refractivity contribution in [2.45, 2.75) is 90.9 Å². The third-order valence-electron chi connectivity index (χ3n) is 17.9. The summed E-state index contributed by atoms with van der Waals surface area (Å²) in [6.07, 6.45) is 0. The Morgan fingerprint density at radius 3 is 1.40 bits per heavy atom. The van der Waals surface area contributed by atoms with Crippen LogP contribution in [0.1, 0.15) is 101 Å². The summed E-state index contributed by atoms with van der Waals surface area (Å²) in [7, 11) is 0. The van der Waals surface area contributed by atoms with Gasteiger partial charge in [-0.25, -0.2) is 0 Å². The predicted octanol–water partition coefficient (Wildman–Crippen LogP) is 22.2. The zero-order chi connectivity index (χ0) is 57.4. The van der Waals surface area contributed by atoms with Crippen LogP contribution >= 0.6 is 11.8 Å². The van der Waals surface area contributed by atoms with Crippen LogP contribution in [0.3, 0.4) is 0 Å². The van der Waals surface area contributed by atoms with Crippen LogP contribution in [0, 0.1) is 69.2 Å². The first-order chi connectivity index (χ1) is 40.8. The van der Waals surface area contributed by atoms with Crippen LogP contribution < -0.4 is 24.3 Å². The molecule has 0 aromatic heterocycles. The zero-order valence-electron chi connectivity index (χ0n) is 49.4. The minimum absolute atomic E-state index is 0.0669. The molecule has 5 nitrogen and oxygen atoms in total. The van der Waals surface area contributed by atoms with Crippen molar-refractivity contribution in [2.24, 2.45) is 0 Å². The van der Waals surface area contributed by atoms with E-state index in [-0.39, 0.29) is 11.8 Å². The topological polar surface area (TPSA) is 22.2 Å². The molecule has 0 fully saturated rings. The standard InChI is InChI=1S/C78H66N4OS/c1-45-33-49(5)76(50(6)34-45)79(55-24-13-11-14-25-55)57-39-66-74-69(41-57)83-68-32-22-19-29-60(68)73(74)61-43-62-70(44-65(61)81(66)63-30-20-17-23-48(63)4)84-71-42-58(80(56-26-15-12-16-27-56)77-51(7)35-46(2)36-52(77)8)40-67-75(71)72(62)59-28-18-21-31-64(59)82(67)78-53(9)37-47(3)38-54(78)10/h11-44,72-73H,1-10H3. The Morgan fingerprint density at radius 2 is 0.810 bits per heavy atom. The van der Waals surface area contributed by atoms with Crippen LogP contribution in [0.25, 0.3) is 0 Å². The number of nitrogens with zero attached hydrogens (tertiary/aromatic N) is 4. The average Bonchev–Trinajstić information content (AvgIpc) is 0.833. The van der Waals surface area contributed by atoms with Crippen LogP contribution in [0.4, 0.5) is 68.2 Å². The molecule has 0 bridgehead atoms. The number of fused-ring (bicyclic) bond motifs is 8. The van der Waals surface area contributed by atoms with Gasteiger partial charge in [-0.05, 0) is 192 Å². The number of benzene rings is 11. The highest BCUT2D eigenvalue weighted by molar-refractivity contribution is 7.99. The van der Waals surface area contributed by atoms with Gasteiger partial charge >= 0.3 is 0 Å². The molecule has 15 rings (SSSR count). The van der Waals surface area contributed by atoms with E-state index in [1.54, 1.807) is 0 Å². The first-order valence-electron chi connectivity index (χ1n) is 29.5. The van der Waals surface area contributed by atoms with Gasteiger partial charge in [-0.1, -0.05) is 162 Å². The summed E-state index contributed by atoms with van der Waals surface area (Å²) in [5, 5.41) is 0. The van der Waals surface area contributed by atoms with Crippen LogP contribution in [-0.4, -0.2) is 0 Å². The molecule has 0 saturated carbocycles. The van der Waals surface area contributed by atoms with Crippen LogP contribution in [0.5, 0.6) is 11.5 Å². The molecule has 2 atom stereocenters. The van der Waals surface area contributed by atoms with Crippen molar-refractivity contribution in [2.75, 3.05) is 19.6 Å². The first-order valence-corrected chi connectivity index (χ1v) is 30.3. The van der Waals surface area contributed by atoms with Gasteiger partial charge in [0.1, 0.15) is 11.5 Å². The van der Waals surface area contributed by atoms with Gasteiger partial charge in [0.25, 0.3) is 0 Å². The van der Waals surface area contributed by atoms with Crippen molar-refractivity contribution in [3.05, 3.63) is 295 Å². The molecule has 6 heteroatoms. The van der Waals surface area contributed by atoms with E-state index >= 15 is 0 Å². The first kappa shape index (κ1) is 51.6. The van der Waals surface area contributed by atoms with E-state index in [2.05, 4.69) is 295 Å². The van der Waals surface area contributed by atoms with Crippen LogP contribution in [0.15, 0.2) is 216 Å². The second-order valence-electron chi connectivity index (χ2n) is 23.9. The molecule has 84 heavy (non-hydrogen) atoms. The monoisotopic (exact) mass is 1110 g/mol. The Labute approximate surface area is 499 Å². The Bertz CT molecular complexity index is 4480. The molecule has 11 aromatic carbocycles. The summed E-state index contributed by atoms with van der Waals surface area (Å²) in [6.45, 7) is 22.5. The maximum Gasteiger partial charge on any atom is 0.135 e. The molecule has 4 aliphatic rings. The second kappa shape index (κ2) is 19.7. The van der Waals surface area contributed by atoms with Gasteiger partial charge in [-0.15, -0.1) is 0 Å². The fraction of sp³-hybridized carbons (Fsp3) is 0.154. The van der Waals surface area contributed by atoms with Crippen molar-refractivity contribution in [3.8, 4) is 11.5 Å². The Balaban J connectivity index is 1.02. The largest absolute Gasteiger partial charge is 0.457 e. The van der Waals surface area contributed by atoms with Gasteiger partial charge in [0, 0.05) is 67.1 Å². The molecule has 4 aliphatic heterocycles. The number of hydrogen-bond acceptors (Lipinski definition) is 6. The molecule has 0 N–H and O–H groups in total. The fourth-order valence-corrected chi connectivity index (χ4v) is 16.2. The van der Waals surface area contributed by atoms with Gasteiger partial charge in [0.2, 0.25) is 0 Å². The molecule has 4 heterocycles. The molecule has 0 amide bonds. The minimum Gasteiger partial charge on any atom is -0.457 e. The van der Waals surface area contributed by atoms with E-state index in [4.69, 9.17) is 4.74 Å². The average molecular weight is 1110 g/mol. The van der Waals surface area contributed by atoms with Crippen molar-refractivity contribution >= 4 is 80.0 Å². The van der Waals surface area contributed by atoms with E-state index < -0.39 is 0 Å². The summed E-state index contributed by atoms with van der Waals surface area (Å²) in [5.74, 6) is 1.57. The third-order valence-corrected chi connectivity index (χ3v) is 19.1. The van der Waals surface area contributed by atoms with Crippen molar-refractivity contribution < 1.29 is 4.74 Å². The summed E-state index contributed by atoms with van der Waals surface area (Å²) >= 11 is 1.93. The summed E-state index contributed by atoms with van der Waals surface area (Å²) < 4.78 is 7.30. The van der Waals surface area contributed by atoms with Crippen LogP contribution in [-0.2, 0) is 0 Å². The molecule has 0 saturated heterocycles. The van der Waals surface area contributed by atoms with E-state index in [0.29, 0.717) is 0 Å². The number of ether oxygens (including phenoxy) is 1. The Kier molecular flexibility index (Phi) is 12.1. The minimum atomic E-state index is -0.121. The molecule has 0 aliphatic carbocycles. The number of anilines is 12. The maximum atomic E-state index is 7.30. The van der Waals surface area contributed by atoms with E-state index in [1.165, 1.54) is 133 Å². The van der Waals surface area contributed by atoms with Crippen molar-refractivity contribution in [1.29, 1.82) is 0 Å².